The Morgan fingerprint density at radius 1 is 1.38 bits per heavy atom. The zero-order valence-electron chi connectivity index (χ0n) is 9.19. The monoisotopic (exact) mass is 290 g/mol. The van der Waals surface area contributed by atoms with Gasteiger partial charge in [-0.25, -0.2) is 0 Å². The van der Waals surface area contributed by atoms with Gasteiger partial charge >= 0.3 is 0 Å². The lowest BCUT2D eigenvalue weighted by molar-refractivity contribution is 0.285. The van der Waals surface area contributed by atoms with Crippen molar-refractivity contribution < 1.29 is 0 Å². The third-order valence-corrected chi connectivity index (χ3v) is 6.49. The Hall–Kier alpha value is 0.210. The summed E-state index contributed by atoms with van der Waals surface area (Å²) in [7, 11) is 0. The number of rotatable bonds is 0. The van der Waals surface area contributed by atoms with Crippen molar-refractivity contribution in [2.45, 2.75) is 38.0 Å². The van der Waals surface area contributed by atoms with Crippen molar-refractivity contribution >= 4 is 22.6 Å². The van der Waals surface area contributed by atoms with Crippen LogP contribution in [0, 0.1) is 11.3 Å². The van der Waals surface area contributed by atoms with Gasteiger partial charge in [0.25, 0.3) is 0 Å². The Morgan fingerprint density at radius 3 is 2.23 bits per heavy atom. The molecule has 0 N–H and O–H groups in total. The van der Waals surface area contributed by atoms with Gasteiger partial charge in [0.15, 0.2) is 0 Å². The lowest BCUT2D eigenvalue weighted by atomic mass is 9.68. The lowest BCUT2D eigenvalue weighted by Crippen LogP contribution is -2.43. The van der Waals surface area contributed by atoms with Crippen molar-refractivity contribution in [3.8, 4) is 0 Å². The minimum Gasteiger partial charge on any atom is -0.0800 e. The van der Waals surface area contributed by atoms with E-state index in [4.69, 9.17) is 0 Å². The van der Waals surface area contributed by atoms with Crippen molar-refractivity contribution in [3.05, 3.63) is 23.8 Å². The van der Waals surface area contributed by atoms with Gasteiger partial charge in [-0.2, -0.15) is 0 Å². The van der Waals surface area contributed by atoms with E-state index in [-0.39, 0.29) is 3.42 Å². The Kier molecular flexibility index (Phi) is 2.96. The van der Waals surface area contributed by atoms with E-state index in [1.54, 1.807) is 0 Å². The van der Waals surface area contributed by atoms with Gasteiger partial charge in [-0.05, 0) is 18.3 Å². The molecule has 1 heteroatoms. The topological polar surface area (TPSA) is 0 Å². The predicted octanol–water partition coefficient (Wildman–Crippen LogP) is 4.36. The van der Waals surface area contributed by atoms with E-state index in [2.05, 4.69) is 75.4 Å². The molecule has 0 fully saturated rings. The molecule has 2 atom stereocenters. The van der Waals surface area contributed by atoms with E-state index in [0.717, 1.165) is 0 Å². The Morgan fingerprint density at radius 2 is 1.92 bits per heavy atom. The maximum Gasteiger partial charge on any atom is 0.0538 e. The molecule has 0 saturated carbocycles. The molecular formula is C12H19I. The van der Waals surface area contributed by atoms with Crippen molar-refractivity contribution in [3.63, 3.8) is 0 Å². The molecule has 1 rings (SSSR count). The number of hydrogen-bond donors (Lipinski definition) is 0. The van der Waals surface area contributed by atoms with Crippen LogP contribution >= 0.6 is 22.6 Å². The smallest absolute Gasteiger partial charge is 0.0538 e. The molecule has 0 amide bonds. The first-order valence-electron chi connectivity index (χ1n) is 4.84. The van der Waals surface area contributed by atoms with Crippen molar-refractivity contribution in [1.82, 2.24) is 0 Å². The highest BCUT2D eigenvalue weighted by Crippen LogP contribution is 2.51. The number of allylic oxidation sites excluding steroid dienone is 4. The molecule has 0 saturated heterocycles. The first-order chi connectivity index (χ1) is 5.80. The van der Waals surface area contributed by atoms with Gasteiger partial charge in [0.1, 0.15) is 0 Å². The van der Waals surface area contributed by atoms with Gasteiger partial charge in [-0.15, -0.1) is 0 Å². The minimum atomic E-state index is 0.277. The average molecular weight is 290 g/mol. The summed E-state index contributed by atoms with van der Waals surface area (Å²) in [5, 5.41) is 0. The second kappa shape index (κ2) is 3.41. The van der Waals surface area contributed by atoms with Crippen LogP contribution in [0.1, 0.15) is 34.6 Å². The largest absolute Gasteiger partial charge is 0.0800 e. The van der Waals surface area contributed by atoms with E-state index < -0.39 is 0 Å². The lowest BCUT2D eigenvalue weighted by Gasteiger charge is -2.46. The van der Waals surface area contributed by atoms with Crippen molar-refractivity contribution in [2.24, 2.45) is 11.3 Å². The third kappa shape index (κ3) is 1.72. The van der Waals surface area contributed by atoms with Crippen LogP contribution in [0.4, 0.5) is 0 Å². The van der Waals surface area contributed by atoms with E-state index in [0.29, 0.717) is 11.3 Å². The summed E-state index contributed by atoms with van der Waals surface area (Å²) in [5.41, 5.74) is 1.81. The van der Waals surface area contributed by atoms with Gasteiger partial charge < -0.3 is 0 Å². The highest BCUT2D eigenvalue weighted by atomic mass is 127. The maximum atomic E-state index is 2.63. The molecule has 0 heterocycles. The summed E-state index contributed by atoms with van der Waals surface area (Å²) >= 11 is 2.63. The molecule has 0 aromatic heterocycles. The molecule has 1 aliphatic rings. The van der Waals surface area contributed by atoms with Crippen LogP contribution in [0.2, 0.25) is 0 Å². The van der Waals surface area contributed by atoms with E-state index in [1.165, 1.54) is 5.57 Å². The Labute approximate surface area is 95.6 Å². The maximum absolute atomic E-state index is 2.63. The molecule has 0 radical (unpaired) electrons. The van der Waals surface area contributed by atoms with Gasteiger partial charge in [0.2, 0.25) is 0 Å². The highest BCUT2D eigenvalue weighted by molar-refractivity contribution is 14.1. The van der Waals surface area contributed by atoms with E-state index >= 15 is 0 Å². The predicted molar refractivity (Wildman–Crippen MR) is 68.3 cm³/mol. The quantitative estimate of drug-likeness (QED) is 0.459. The van der Waals surface area contributed by atoms with Crippen LogP contribution in [0.25, 0.3) is 0 Å². The summed E-state index contributed by atoms with van der Waals surface area (Å²) in [5.74, 6) is 0.623. The first kappa shape index (κ1) is 11.3. The second-order valence-electron chi connectivity index (χ2n) is 4.99. The van der Waals surface area contributed by atoms with Crippen LogP contribution in [0.5, 0.6) is 0 Å². The molecular weight excluding hydrogens is 271 g/mol. The molecule has 0 aromatic rings. The van der Waals surface area contributed by atoms with Crippen LogP contribution in [0.15, 0.2) is 23.8 Å². The van der Waals surface area contributed by atoms with Crippen molar-refractivity contribution in [2.75, 3.05) is 0 Å². The molecule has 0 nitrogen and oxygen atoms in total. The first-order valence-corrected chi connectivity index (χ1v) is 5.92. The highest BCUT2D eigenvalue weighted by Gasteiger charge is 2.45. The summed E-state index contributed by atoms with van der Waals surface area (Å²) < 4.78 is 0.277. The average Bonchev–Trinajstić information content (AvgIpc) is 1.97. The SMILES string of the molecule is CC1=CC=CC(C)C1(I)C(C)(C)C. The van der Waals surface area contributed by atoms with E-state index in [1.807, 2.05) is 0 Å². The Bertz CT molecular complexity index is 255. The fourth-order valence-electron chi connectivity index (χ4n) is 2.25. The molecule has 0 spiro atoms. The summed E-state index contributed by atoms with van der Waals surface area (Å²) in [6.45, 7) is 11.5. The molecule has 74 valence electrons. The molecule has 0 bridgehead atoms. The molecule has 0 aromatic carbocycles. The van der Waals surface area contributed by atoms with Crippen LogP contribution in [-0.4, -0.2) is 3.42 Å². The molecule has 13 heavy (non-hydrogen) atoms. The fraction of sp³-hybridized carbons (Fsp3) is 0.667. The minimum absolute atomic E-state index is 0.277. The molecule has 2 unspecified atom stereocenters. The second-order valence-corrected chi connectivity index (χ2v) is 6.69. The summed E-state index contributed by atoms with van der Waals surface area (Å²) in [6.07, 6.45) is 6.74. The fourth-order valence-corrected chi connectivity index (χ4v) is 2.64. The number of halogens is 1. The molecule has 1 aliphatic carbocycles. The third-order valence-electron chi connectivity index (χ3n) is 3.04. The molecule has 0 aliphatic heterocycles. The summed E-state index contributed by atoms with van der Waals surface area (Å²) in [6, 6.07) is 0. The van der Waals surface area contributed by atoms with Gasteiger partial charge in [0, 0.05) is 0 Å². The number of alkyl halides is 1. The zero-order valence-corrected chi connectivity index (χ0v) is 11.3. The standard InChI is InChI=1S/C12H19I/c1-9-7-6-8-10(2)12(9,13)11(3,4)5/h6-9H,1-5H3. The van der Waals surface area contributed by atoms with E-state index in [9.17, 15) is 0 Å². The van der Waals surface area contributed by atoms with Crippen LogP contribution < -0.4 is 0 Å². The number of hydrogen-bond acceptors (Lipinski definition) is 0. The van der Waals surface area contributed by atoms with Gasteiger partial charge in [-0.1, -0.05) is 74.1 Å². The van der Waals surface area contributed by atoms with Gasteiger partial charge in [-0.3, -0.25) is 0 Å². The van der Waals surface area contributed by atoms with Crippen molar-refractivity contribution in [1.29, 1.82) is 0 Å². The summed E-state index contributed by atoms with van der Waals surface area (Å²) in [4.78, 5) is 0. The van der Waals surface area contributed by atoms with Crippen LogP contribution in [-0.2, 0) is 0 Å². The van der Waals surface area contributed by atoms with Gasteiger partial charge in [0.05, 0.1) is 3.42 Å². The zero-order chi connectivity index (χ0) is 10.3. The Balaban J connectivity index is 3.15. The van der Waals surface area contributed by atoms with Crippen LogP contribution in [0.3, 0.4) is 0 Å². The normalized spacial score (nSPS) is 34.6.